The molecule has 3 heterocycles. The first-order valence-electron chi connectivity index (χ1n) is 9.34. The van der Waals surface area contributed by atoms with Gasteiger partial charge in [0, 0.05) is 24.2 Å². The van der Waals surface area contributed by atoms with Gasteiger partial charge in [0.2, 0.25) is 0 Å². The molecule has 0 fully saturated rings. The largest absolute Gasteiger partial charge is 0.416 e. The Labute approximate surface area is 175 Å². The monoisotopic (exact) mass is 427 g/mol. The smallest absolute Gasteiger partial charge is 0.252 e. The molecule has 0 aliphatic rings. The van der Waals surface area contributed by atoms with E-state index in [2.05, 4.69) is 20.1 Å². The van der Waals surface area contributed by atoms with Gasteiger partial charge in [-0.2, -0.15) is 22.7 Å². The molecule has 0 N–H and O–H groups in total. The van der Waals surface area contributed by atoms with Crippen LogP contribution in [0.3, 0.4) is 0 Å². The number of nitrogens with zero attached hydrogens (tertiary/aromatic N) is 5. The summed E-state index contributed by atoms with van der Waals surface area (Å²) < 4.78 is 53.5. The SMILES string of the molecule is CC(C)(c1cccc(-c2cnc(F)nc2)n1)c1ccn(-c2cccc(C(F)(F)F)c2)n1. The summed E-state index contributed by atoms with van der Waals surface area (Å²) in [4.78, 5) is 11.8. The van der Waals surface area contributed by atoms with Crippen molar-refractivity contribution < 1.29 is 17.6 Å². The quantitative estimate of drug-likeness (QED) is 0.332. The molecule has 0 radical (unpaired) electrons. The van der Waals surface area contributed by atoms with Crippen LogP contribution in [0, 0.1) is 6.08 Å². The first-order chi connectivity index (χ1) is 14.6. The van der Waals surface area contributed by atoms with Gasteiger partial charge in [-0.05, 0) is 50.2 Å². The van der Waals surface area contributed by atoms with Crippen LogP contribution in [-0.2, 0) is 11.6 Å². The van der Waals surface area contributed by atoms with Crippen LogP contribution in [0.5, 0.6) is 0 Å². The van der Waals surface area contributed by atoms with Gasteiger partial charge in [0.15, 0.2) is 0 Å². The van der Waals surface area contributed by atoms with Crippen molar-refractivity contribution >= 4 is 0 Å². The highest BCUT2D eigenvalue weighted by Gasteiger charge is 2.31. The Hall–Kier alpha value is -3.62. The maximum Gasteiger partial charge on any atom is 0.416 e. The van der Waals surface area contributed by atoms with E-state index in [4.69, 9.17) is 0 Å². The first-order valence-corrected chi connectivity index (χ1v) is 9.34. The third kappa shape index (κ3) is 4.16. The normalized spacial score (nSPS) is 12.2. The zero-order valence-corrected chi connectivity index (χ0v) is 16.6. The second kappa shape index (κ2) is 7.57. The molecule has 0 atom stereocenters. The molecule has 3 aromatic heterocycles. The number of hydrogen-bond acceptors (Lipinski definition) is 4. The van der Waals surface area contributed by atoms with Crippen molar-refractivity contribution in [1.29, 1.82) is 0 Å². The zero-order valence-electron chi connectivity index (χ0n) is 16.6. The van der Waals surface area contributed by atoms with Gasteiger partial charge in [-0.3, -0.25) is 4.98 Å². The van der Waals surface area contributed by atoms with Crippen molar-refractivity contribution in [2.45, 2.75) is 25.4 Å². The third-order valence-electron chi connectivity index (χ3n) is 4.97. The van der Waals surface area contributed by atoms with Crippen molar-refractivity contribution in [3.63, 3.8) is 0 Å². The molecule has 0 aliphatic carbocycles. The van der Waals surface area contributed by atoms with Crippen LogP contribution >= 0.6 is 0 Å². The number of benzene rings is 1. The highest BCUT2D eigenvalue weighted by atomic mass is 19.4. The number of aromatic nitrogens is 5. The zero-order chi connectivity index (χ0) is 22.2. The number of alkyl halides is 3. The predicted octanol–water partition coefficient (Wildman–Crippen LogP) is 5.21. The molecular weight excluding hydrogens is 410 g/mol. The van der Waals surface area contributed by atoms with E-state index in [1.165, 1.54) is 23.1 Å². The van der Waals surface area contributed by atoms with Crippen LogP contribution in [0.4, 0.5) is 17.6 Å². The Morgan fingerprint density at radius 2 is 1.58 bits per heavy atom. The lowest BCUT2D eigenvalue weighted by molar-refractivity contribution is -0.137. The highest BCUT2D eigenvalue weighted by molar-refractivity contribution is 5.57. The van der Waals surface area contributed by atoms with E-state index in [0.717, 1.165) is 12.1 Å². The summed E-state index contributed by atoms with van der Waals surface area (Å²) in [6.07, 6.45) is -0.933. The molecule has 0 saturated heterocycles. The van der Waals surface area contributed by atoms with E-state index in [0.29, 0.717) is 28.3 Å². The van der Waals surface area contributed by atoms with Crippen LogP contribution < -0.4 is 0 Å². The van der Waals surface area contributed by atoms with Gasteiger partial charge in [0.25, 0.3) is 0 Å². The molecule has 0 amide bonds. The molecule has 158 valence electrons. The Kier molecular flexibility index (Phi) is 5.04. The number of rotatable bonds is 4. The van der Waals surface area contributed by atoms with E-state index >= 15 is 0 Å². The number of pyridine rings is 1. The van der Waals surface area contributed by atoms with Crippen LogP contribution in [-0.4, -0.2) is 24.7 Å². The van der Waals surface area contributed by atoms with Crippen molar-refractivity contribution in [2.75, 3.05) is 0 Å². The van der Waals surface area contributed by atoms with E-state index in [1.54, 1.807) is 24.4 Å². The summed E-state index contributed by atoms with van der Waals surface area (Å²) in [7, 11) is 0. The number of halogens is 4. The van der Waals surface area contributed by atoms with E-state index in [-0.39, 0.29) is 0 Å². The van der Waals surface area contributed by atoms with E-state index in [9.17, 15) is 17.6 Å². The van der Waals surface area contributed by atoms with Gasteiger partial charge in [-0.25, -0.2) is 14.6 Å². The molecule has 0 unspecified atom stereocenters. The molecule has 0 bridgehead atoms. The maximum absolute atomic E-state index is 13.0. The first kappa shape index (κ1) is 20.6. The lowest BCUT2D eigenvalue weighted by Crippen LogP contribution is -2.22. The van der Waals surface area contributed by atoms with Crippen molar-refractivity contribution in [3.8, 4) is 16.9 Å². The molecule has 0 spiro atoms. The Balaban J connectivity index is 1.67. The van der Waals surface area contributed by atoms with Crippen LogP contribution in [0.15, 0.2) is 67.1 Å². The van der Waals surface area contributed by atoms with Gasteiger partial charge in [0.05, 0.1) is 33.7 Å². The average molecular weight is 427 g/mol. The summed E-state index contributed by atoms with van der Waals surface area (Å²) in [6.45, 7) is 3.83. The minimum absolute atomic E-state index is 0.307. The molecule has 31 heavy (non-hydrogen) atoms. The molecule has 4 aromatic rings. The minimum Gasteiger partial charge on any atom is -0.252 e. The molecule has 1 aromatic carbocycles. The van der Waals surface area contributed by atoms with Crippen LogP contribution in [0.1, 0.15) is 30.8 Å². The Bertz CT molecular complexity index is 1210. The lowest BCUT2D eigenvalue weighted by Gasteiger charge is -2.22. The van der Waals surface area contributed by atoms with Gasteiger partial charge in [0.1, 0.15) is 0 Å². The fraction of sp³-hybridized carbons (Fsp3) is 0.182. The van der Waals surface area contributed by atoms with Crippen molar-refractivity contribution in [1.82, 2.24) is 24.7 Å². The summed E-state index contributed by atoms with van der Waals surface area (Å²) >= 11 is 0. The summed E-state index contributed by atoms with van der Waals surface area (Å²) in [5.74, 6) is 0. The van der Waals surface area contributed by atoms with Gasteiger partial charge in [-0.1, -0.05) is 12.1 Å². The minimum atomic E-state index is -4.43. The Morgan fingerprint density at radius 1 is 0.871 bits per heavy atom. The molecule has 0 saturated carbocycles. The highest BCUT2D eigenvalue weighted by Crippen LogP contribution is 2.32. The lowest BCUT2D eigenvalue weighted by atomic mass is 9.85. The van der Waals surface area contributed by atoms with Crippen LogP contribution in [0.2, 0.25) is 0 Å². The maximum atomic E-state index is 13.0. The molecular formula is C22H17F4N5. The standard InChI is InChI=1S/C22H17F4N5/c1-21(2,18-8-4-7-17(29-18)14-12-27-20(23)28-13-14)19-9-10-31(30-19)16-6-3-5-15(11-16)22(24,25)26/h3-13H,1-2H3. The Morgan fingerprint density at radius 3 is 2.29 bits per heavy atom. The average Bonchev–Trinajstić information content (AvgIpc) is 3.25. The van der Waals surface area contributed by atoms with Gasteiger partial charge < -0.3 is 0 Å². The van der Waals surface area contributed by atoms with Crippen molar-refractivity contribution in [3.05, 3.63) is 90.2 Å². The fourth-order valence-corrected chi connectivity index (χ4v) is 3.15. The molecule has 0 aliphatic heterocycles. The second-order valence-corrected chi connectivity index (χ2v) is 7.47. The summed E-state index contributed by atoms with van der Waals surface area (Å²) in [5.41, 5.74) is 1.37. The van der Waals surface area contributed by atoms with E-state index < -0.39 is 23.2 Å². The second-order valence-electron chi connectivity index (χ2n) is 7.47. The molecule has 5 nitrogen and oxygen atoms in total. The summed E-state index contributed by atoms with van der Waals surface area (Å²) in [5, 5.41) is 4.50. The van der Waals surface area contributed by atoms with E-state index in [1.807, 2.05) is 26.0 Å². The molecule has 4 rings (SSSR count). The fourth-order valence-electron chi connectivity index (χ4n) is 3.15. The van der Waals surface area contributed by atoms with Gasteiger partial charge in [-0.15, -0.1) is 0 Å². The van der Waals surface area contributed by atoms with Crippen molar-refractivity contribution in [2.24, 2.45) is 0 Å². The number of hydrogen-bond donors (Lipinski definition) is 0. The van der Waals surface area contributed by atoms with Crippen LogP contribution in [0.25, 0.3) is 16.9 Å². The predicted molar refractivity (Wildman–Crippen MR) is 106 cm³/mol. The van der Waals surface area contributed by atoms with Gasteiger partial charge >= 0.3 is 12.3 Å². The summed E-state index contributed by atoms with van der Waals surface area (Å²) in [6, 6.07) is 12.1. The molecule has 9 heteroatoms. The topological polar surface area (TPSA) is 56.5 Å². The third-order valence-corrected chi connectivity index (χ3v) is 4.97.